The molecule has 0 saturated carbocycles. The lowest BCUT2D eigenvalue weighted by atomic mass is 9.87. The summed E-state index contributed by atoms with van der Waals surface area (Å²) in [6, 6.07) is 19.0. The molecule has 3 N–H and O–H groups in total. The van der Waals surface area contributed by atoms with Gasteiger partial charge >= 0.3 is 0 Å². The van der Waals surface area contributed by atoms with E-state index in [0.717, 1.165) is 18.5 Å². The quantitative estimate of drug-likeness (QED) is 0.837. The molecule has 2 rings (SSSR count). The van der Waals surface area contributed by atoms with Gasteiger partial charge in [-0.2, -0.15) is 0 Å². The number of aryl methyl sites for hydroxylation is 1. The number of nitrogens with two attached hydrogens (primary N) is 1. The van der Waals surface area contributed by atoms with Gasteiger partial charge in [-0.25, -0.2) is 0 Å². The third kappa shape index (κ3) is 3.61. The van der Waals surface area contributed by atoms with Crippen molar-refractivity contribution < 1.29 is 0 Å². The van der Waals surface area contributed by atoms with Gasteiger partial charge in [-0.3, -0.25) is 0 Å². The van der Waals surface area contributed by atoms with Gasteiger partial charge in [0.2, 0.25) is 0 Å². The molecule has 0 aliphatic rings. The zero-order chi connectivity index (χ0) is 14.4. The fourth-order valence-corrected chi connectivity index (χ4v) is 2.54. The molecule has 0 heterocycles. The normalized spacial score (nSPS) is 13.8. The monoisotopic (exact) mass is 268 g/mol. The van der Waals surface area contributed by atoms with Crippen LogP contribution in [0.15, 0.2) is 54.6 Å². The first kappa shape index (κ1) is 14.6. The van der Waals surface area contributed by atoms with Gasteiger partial charge in [0.05, 0.1) is 5.54 Å². The van der Waals surface area contributed by atoms with E-state index in [2.05, 4.69) is 67.7 Å². The first-order chi connectivity index (χ1) is 9.67. The summed E-state index contributed by atoms with van der Waals surface area (Å²) in [4.78, 5) is 0. The van der Waals surface area contributed by atoms with Crippen LogP contribution >= 0.6 is 0 Å². The summed E-state index contributed by atoms with van der Waals surface area (Å²) < 4.78 is 0. The summed E-state index contributed by atoms with van der Waals surface area (Å²) in [7, 11) is 0. The van der Waals surface area contributed by atoms with Gasteiger partial charge in [-0.05, 0) is 43.0 Å². The maximum absolute atomic E-state index is 6.09. The van der Waals surface area contributed by atoms with Crippen LogP contribution in [0.5, 0.6) is 0 Å². The second-order valence-electron chi connectivity index (χ2n) is 5.49. The summed E-state index contributed by atoms with van der Waals surface area (Å²) in [5.41, 5.74) is 9.73. The standard InChI is InChI=1S/C18H24N2/c1-3-18(14-19,13-16-9-5-4-6-10-16)20-17-11-7-8-15(2)12-17/h4-12,20H,3,13-14,19H2,1-2H3. The van der Waals surface area contributed by atoms with Crippen LogP contribution in [-0.2, 0) is 6.42 Å². The Morgan fingerprint density at radius 2 is 1.80 bits per heavy atom. The van der Waals surface area contributed by atoms with Gasteiger partial charge in [-0.15, -0.1) is 0 Å². The van der Waals surface area contributed by atoms with Gasteiger partial charge in [0.15, 0.2) is 0 Å². The highest BCUT2D eigenvalue weighted by molar-refractivity contribution is 5.48. The molecule has 0 amide bonds. The summed E-state index contributed by atoms with van der Waals surface area (Å²) in [6.07, 6.45) is 1.93. The van der Waals surface area contributed by atoms with Crippen LogP contribution in [0, 0.1) is 6.92 Å². The molecule has 0 aliphatic heterocycles. The Morgan fingerprint density at radius 1 is 1.05 bits per heavy atom. The summed E-state index contributed by atoms with van der Waals surface area (Å²) in [6.45, 7) is 4.92. The largest absolute Gasteiger partial charge is 0.378 e. The van der Waals surface area contributed by atoms with Crippen LogP contribution in [0.2, 0.25) is 0 Å². The molecule has 1 unspecified atom stereocenters. The molecule has 0 saturated heterocycles. The molecule has 2 aromatic carbocycles. The lowest BCUT2D eigenvalue weighted by Gasteiger charge is -2.34. The number of hydrogen-bond acceptors (Lipinski definition) is 2. The molecule has 0 fully saturated rings. The summed E-state index contributed by atoms with van der Waals surface area (Å²) >= 11 is 0. The molecule has 0 bridgehead atoms. The van der Waals surface area contributed by atoms with Crippen molar-refractivity contribution in [1.29, 1.82) is 0 Å². The van der Waals surface area contributed by atoms with E-state index in [1.807, 2.05) is 6.07 Å². The highest BCUT2D eigenvalue weighted by Gasteiger charge is 2.26. The first-order valence-electron chi connectivity index (χ1n) is 7.26. The van der Waals surface area contributed by atoms with Crippen molar-refractivity contribution in [3.63, 3.8) is 0 Å². The average molecular weight is 268 g/mol. The average Bonchev–Trinajstić information content (AvgIpc) is 2.47. The predicted octanol–water partition coefficient (Wildman–Crippen LogP) is 3.76. The van der Waals surface area contributed by atoms with Crippen LogP contribution in [0.1, 0.15) is 24.5 Å². The molecule has 1 atom stereocenters. The van der Waals surface area contributed by atoms with Crippen molar-refractivity contribution in [2.75, 3.05) is 11.9 Å². The minimum absolute atomic E-state index is 0.0881. The zero-order valence-corrected chi connectivity index (χ0v) is 12.4. The SMILES string of the molecule is CCC(CN)(Cc1ccccc1)Nc1cccc(C)c1. The van der Waals surface area contributed by atoms with Crippen LogP contribution in [0.3, 0.4) is 0 Å². The molecular formula is C18H24N2. The van der Waals surface area contributed by atoms with Gasteiger partial charge in [0.1, 0.15) is 0 Å². The van der Waals surface area contributed by atoms with E-state index >= 15 is 0 Å². The van der Waals surface area contributed by atoms with Crippen molar-refractivity contribution in [3.8, 4) is 0 Å². The Balaban J connectivity index is 2.21. The number of anilines is 1. The second-order valence-corrected chi connectivity index (χ2v) is 5.49. The molecule has 0 spiro atoms. The molecule has 106 valence electrons. The number of nitrogens with one attached hydrogen (secondary N) is 1. The van der Waals surface area contributed by atoms with E-state index in [1.165, 1.54) is 11.1 Å². The maximum atomic E-state index is 6.09. The number of hydrogen-bond donors (Lipinski definition) is 2. The van der Waals surface area contributed by atoms with Crippen molar-refractivity contribution in [2.45, 2.75) is 32.2 Å². The summed E-state index contributed by atoms with van der Waals surface area (Å²) in [5.74, 6) is 0. The van der Waals surface area contributed by atoms with Crippen LogP contribution in [-0.4, -0.2) is 12.1 Å². The number of rotatable bonds is 6. The van der Waals surface area contributed by atoms with E-state index in [9.17, 15) is 0 Å². The van der Waals surface area contributed by atoms with Gasteiger partial charge < -0.3 is 11.1 Å². The Hall–Kier alpha value is -1.80. The lowest BCUT2D eigenvalue weighted by molar-refractivity contribution is 0.457. The van der Waals surface area contributed by atoms with Crippen LogP contribution in [0.4, 0.5) is 5.69 Å². The Kier molecular flexibility index (Phi) is 4.80. The van der Waals surface area contributed by atoms with E-state index < -0.39 is 0 Å². The number of benzene rings is 2. The topological polar surface area (TPSA) is 38.0 Å². The molecule has 20 heavy (non-hydrogen) atoms. The highest BCUT2D eigenvalue weighted by Crippen LogP contribution is 2.23. The molecule has 2 heteroatoms. The third-order valence-corrected chi connectivity index (χ3v) is 3.88. The lowest BCUT2D eigenvalue weighted by Crippen LogP contribution is -2.47. The highest BCUT2D eigenvalue weighted by atomic mass is 15.0. The second kappa shape index (κ2) is 6.58. The Bertz CT molecular complexity index is 530. The molecule has 0 aliphatic carbocycles. The van der Waals surface area contributed by atoms with Crippen molar-refractivity contribution in [1.82, 2.24) is 0 Å². The smallest absolute Gasteiger partial charge is 0.0533 e. The minimum atomic E-state index is -0.0881. The molecule has 2 aromatic rings. The van der Waals surface area contributed by atoms with E-state index in [1.54, 1.807) is 0 Å². The first-order valence-corrected chi connectivity index (χ1v) is 7.26. The maximum Gasteiger partial charge on any atom is 0.0533 e. The van der Waals surface area contributed by atoms with Crippen molar-refractivity contribution in [3.05, 3.63) is 65.7 Å². The molecule has 0 aromatic heterocycles. The van der Waals surface area contributed by atoms with E-state index in [-0.39, 0.29) is 5.54 Å². The van der Waals surface area contributed by atoms with Gasteiger partial charge in [0.25, 0.3) is 0 Å². The Morgan fingerprint density at radius 3 is 2.40 bits per heavy atom. The fourth-order valence-electron chi connectivity index (χ4n) is 2.54. The van der Waals surface area contributed by atoms with E-state index in [0.29, 0.717) is 6.54 Å². The van der Waals surface area contributed by atoms with Crippen LogP contribution in [0.25, 0.3) is 0 Å². The van der Waals surface area contributed by atoms with E-state index in [4.69, 9.17) is 5.73 Å². The fraction of sp³-hybridized carbons (Fsp3) is 0.333. The Labute approximate surface area is 122 Å². The molecular weight excluding hydrogens is 244 g/mol. The zero-order valence-electron chi connectivity index (χ0n) is 12.4. The minimum Gasteiger partial charge on any atom is -0.378 e. The van der Waals surface area contributed by atoms with Crippen molar-refractivity contribution in [2.24, 2.45) is 5.73 Å². The third-order valence-electron chi connectivity index (χ3n) is 3.88. The van der Waals surface area contributed by atoms with Gasteiger partial charge in [0, 0.05) is 12.2 Å². The van der Waals surface area contributed by atoms with Crippen LogP contribution < -0.4 is 11.1 Å². The molecule has 0 radical (unpaired) electrons. The van der Waals surface area contributed by atoms with Crippen molar-refractivity contribution >= 4 is 5.69 Å². The predicted molar refractivity (Wildman–Crippen MR) is 87.0 cm³/mol. The van der Waals surface area contributed by atoms with Gasteiger partial charge in [-0.1, -0.05) is 49.4 Å². The molecule has 2 nitrogen and oxygen atoms in total. The summed E-state index contributed by atoms with van der Waals surface area (Å²) in [5, 5.41) is 3.66.